The molecule has 1 aromatic heterocycles. The van der Waals surface area contributed by atoms with Gasteiger partial charge >= 0.3 is 11.7 Å². The van der Waals surface area contributed by atoms with Crippen molar-refractivity contribution in [2.45, 2.75) is 20.8 Å². The van der Waals surface area contributed by atoms with E-state index in [1.54, 1.807) is 12.1 Å². The Morgan fingerprint density at radius 3 is 2.61 bits per heavy atom. The molecule has 1 aromatic carbocycles. The summed E-state index contributed by atoms with van der Waals surface area (Å²) in [5.74, 6) is -0.815. The molecule has 144 valence electrons. The Labute approximate surface area is 163 Å². The van der Waals surface area contributed by atoms with Crippen molar-refractivity contribution in [1.82, 2.24) is 4.98 Å². The van der Waals surface area contributed by atoms with E-state index in [9.17, 15) is 9.59 Å². The minimum atomic E-state index is -0.559. The third kappa shape index (κ3) is 5.99. The molecule has 0 atom stereocenters. The van der Waals surface area contributed by atoms with Gasteiger partial charge in [-0.3, -0.25) is 4.98 Å². The van der Waals surface area contributed by atoms with E-state index >= 15 is 0 Å². The van der Waals surface area contributed by atoms with Gasteiger partial charge in [0.25, 0.3) is 0 Å². The van der Waals surface area contributed by atoms with Gasteiger partial charge in [0.05, 0.1) is 5.52 Å². The van der Waals surface area contributed by atoms with Crippen LogP contribution in [-0.2, 0) is 4.79 Å². The number of hydrogen-bond acceptors (Lipinski definition) is 4. The van der Waals surface area contributed by atoms with Crippen molar-refractivity contribution in [2.75, 3.05) is 0 Å². The van der Waals surface area contributed by atoms with Crippen LogP contribution in [0.15, 0.2) is 99.3 Å². The lowest BCUT2D eigenvalue weighted by Gasteiger charge is -2.05. The summed E-state index contributed by atoms with van der Waals surface area (Å²) < 4.78 is 10.4. The van der Waals surface area contributed by atoms with Crippen LogP contribution in [0.25, 0.3) is 11.1 Å². The fourth-order valence-electron chi connectivity index (χ4n) is 2.35. The number of benzene rings is 1. The lowest BCUT2D eigenvalue weighted by molar-refractivity contribution is -0.129. The van der Waals surface area contributed by atoms with Crippen LogP contribution in [0.4, 0.5) is 0 Å². The van der Waals surface area contributed by atoms with E-state index in [-0.39, 0.29) is 5.75 Å². The first kappa shape index (κ1) is 20.7. The SMILES string of the molecule is C=C(C)/C=C/C(=C/C=C\C)C(/C=C\C)=C/C(=O)Oc1ccc2[nH]c(=O)oc2c1. The van der Waals surface area contributed by atoms with Crippen molar-refractivity contribution in [1.29, 1.82) is 0 Å². The Balaban J connectivity index is 2.32. The summed E-state index contributed by atoms with van der Waals surface area (Å²) in [6.45, 7) is 9.54. The largest absolute Gasteiger partial charge is 0.423 e. The normalized spacial score (nSPS) is 13.2. The zero-order valence-electron chi connectivity index (χ0n) is 16.2. The van der Waals surface area contributed by atoms with Crippen LogP contribution >= 0.6 is 0 Å². The molecule has 5 heteroatoms. The van der Waals surface area contributed by atoms with Crippen molar-refractivity contribution in [3.63, 3.8) is 0 Å². The second-order valence-corrected chi connectivity index (χ2v) is 6.02. The molecular weight excluding hydrogens is 354 g/mol. The van der Waals surface area contributed by atoms with E-state index in [0.717, 1.165) is 11.1 Å². The molecule has 28 heavy (non-hydrogen) atoms. The third-order valence-electron chi connectivity index (χ3n) is 3.58. The number of allylic oxidation sites excluding steroid dienone is 10. The second-order valence-electron chi connectivity index (χ2n) is 6.02. The number of rotatable bonds is 7. The Bertz CT molecular complexity index is 1070. The third-order valence-corrected chi connectivity index (χ3v) is 3.58. The lowest BCUT2D eigenvalue weighted by atomic mass is 10.0. The highest BCUT2D eigenvalue weighted by Gasteiger charge is 2.08. The molecule has 2 rings (SSSR count). The molecule has 0 unspecified atom stereocenters. The van der Waals surface area contributed by atoms with Gasteiger partial charge < -0.3 is 9.15 Å². The van der Waals surface area contributed by atoms with Crippen LogP contribution < -0.4 is 10.5 Å². The molecular formula is C23H23NO4. The van der Waals surface area contributed by atoms with E-state index in [1.807, 2.05) is 63.3 Å². The highest BCUT2D eigenvalue weighted by Crippen LogP contribution is 2.20. The van der Waals surface area contributed by atoms with Gasteiger partial charge in [0.2, 0.25) is 0 Å². The van der Waals surface area contributed by atoms with E-state index in [2.05, 4.69) is 11.6 Å². The van der Waals surface area contributed by atoms with Gasteiger partial charge in [-0.1, -0.05) is 54.7 Å². The van der Waals surface area contributed by atoms with Crippen LogP contribution in [0.1, 0.15) is 20.8 Å². The first-order valence-electron chi connectivity index (χ1n) is 8.79. The maximum Gasteiger partial charge on any atom is 0.417 e. The number of ether oxygens (including phenoxy) is 1. The molecule has 0 saturated carbocycles. The summed E-state index contributed by atoms with van der Waals surface area (Å²) in [5.41, 5.74) is 3.29. The predicted molar refractivity (Wildman–Crippen MR) is 112 cm³/mol. The molecule has 2 aromatic rings. The number of hydrogen-bond donors (Lipinski definition) is 1. The minimum Gasteiger partial charge on any atom is -0.423 e. The van der Waals surface area contributed by atoms with Crippen LogP contribution in [0.3, 0.4) is 0 Å². The number of aromatic amines is 1. The van der Waals surface area contributed by atoms with Crippen molar-refractivity contribution < 1.29 is 13.9 Å². The number of aromatic nitrogens is 1. The number of esters is 1. The molecule has 0 radical (unpaired) electrons. The van der Waals surface area contributed by atoms with E-state index in [4.69, 9.17) is 9.15 Å². The summed E-state index contributed by atoms with van der Waals surface area (Å²) >= 11 is 0. The van der Waals surface area contributed by atoms with E-state index < -0.39 is 11.7 Å². The summed E-state index contributed by atoms with van der Waals surface area (Å²) in [4.78, 5) is 26.2. The van der Waals surface area contributed by atoms with Gasteiger partial charge in [0.15, 0.2) is 5.58 Å². The van der Waals surface area contributed by atoms with Crippen molar-refractivity contribution in [3.8, 4) is 5.75 Å². The fourth-order valence-corrected chi connectivity index (χ4v) is 2.35. The number of oxazole rings is 1. The Kier molecular flexibility index (Phi) is 7.34. The molecule has 0 spiro atoms. The van der Waals surface area contributed by atoms with Crippen molar-refractivity contribution in [3.05, 3.63) is 101 Å². The highest BCUT2D eigenvalue weighted by molar-refractivity contribution is 5.87. The lowest BCUT2D eigenvalue weighted by Crippen LogP contribution is -2.05. The Morgan fingerprint density at radius 1 is 1.14 bits per heavy atom. The number of fused-ring (bicyclic) bond motifs is 1. The molecule has 0 amide bonds. The van der Waals surface area contributed by atoms with Crippen molar-refractivity contribution in [2.24, 2.45) is 0 Å². The monoisotopic (exact) mass is 377 g/mol. The van der Waals surface area contributed by atoms with E-state index in [0.29, 0.717) is 16.7 Å². The summed E-state index contributed by atoms with van der Waals surface area (Å²) in [5, 5.41) is 0. The number of H-pyrrole nitrogens is 1. The average Bonchev–Trinajstić information content (AvgIpc) is 3.00. The van der Waals surface area contributed by atoms with Gasteiger partial charge in [-0.25, -0.2) is 9.59 Å². The topological polar surface area (TPSA) is 72.3 Å². The Hall–Kier alpha value is -3.60. The maximum atomic E-state index is 12.4. The Morgan fingerprint density at radius 2 is 1.93 bits per heavy atom. The number of carbonyl (C=O) groups excluding carboxylic acids is 1. The minimum absolute atomic E-state index is 0.285. The standard InChI is InChI=1S/C23H23NO4/c1-5-7-9-17(11-10-16(3)4)18(8-6-2)14-22(25)27-19-12-13-20-21(15-19)28-23(26)24-20/h5-15H,3H2,1-2,4H3,(H,24,26)/b7-5-,8-6-,11-10+,17-9-,18-14+. The van der Waals surface area contributed by atoms with Gasteiger partial charge in [-0.05, 0) is 44.1 Å². The zero-order chi connectivity index (χ0) is 20.5. The molecule has 5 nitrogen and oxygen atoms in total. The van der Waals surface area contributed by atoms with Gasteiger partial charge in [-0.2, -0.15) is 0 Å². The fraction of sp³-hybridized carbons (Fsp3) is 0.130. The number of nitrogens with one attached hydrogen (secondary N) is 1. The van der Waals surface area contributed by atoms with Crippen LogP contribution in [0, 0.1) is 0 Å². The molecule has 0 aliphatic heterocycles. The first-order chi connectivity index (χ1) is 13.4. The van der Waals surface area contributed by atoms with Gasteiger partial charge in [0, 0.05) is 12.1 Å². The zero-order valence-corrected chi connectivity index (χ0v) is 16.2. The summed E-state index contributed by atoms with van der Waals surface area (Å²) in [7, 11) is 0. The maximum absolute atomic E-state index is 12.4. The summed E-state index contributed by atoms with van der Waals surface area (Å²) in [6.07, 6.45) is 14.5. The molecule has 0 bridgehead atoms. The predicted octanol–water partition coefficient (Wildman–Crippen LogP) is 5.16. The van der Waals surface area contributed by atoms with Gasteiger partial charge in [-0.15, -0.1) is 0 Å². The van der Waals surface area contributed by atoms with Crippen LogP contribution in [0.2, 0.25) is 0 Å². The van der Waals surface area contributed by atoms with Crippen LogP contribution in [-0.4, -0.2) is 11.0 Å². The first-order valence-corrected chi connectivity index (χ1v) is 8.79. The molecule has 1 N–H and O–H groups in total. The van der Waals surface area contributed by atoms with Crippen molar-refractivity contribution >= 4 is 17.1 Å². The molecule has 0 saturated heterocycles. The van der Waals surface area contributed by atoms with Crippen LogP contribution in [0.5, 0.6) is 5.75 Å². The molecule has 0 aliphatic carbocycles. The molecule has 1 heterocycles. The number of carbonyl (C=O) groups is 1. The average molecular weight is 377 g/mol. The highest BCUT2D eigenvalue weighted by atomic mass is 16.5. The van der Waals surface area contributed by atoms with Gasteiger partial charge in [0.1, 0.15) is 5.75 Å². The quantitative estimate of drug-likeness (QED) is 0.313. The molecule has 0 fully saturated rings. The van der Waals surface area contributed by atoms with E-state index in [1.165, 1.54) is 12.1 Å². The molecule has 0 aliphatic rings. The summed E-state index contributed by atoms with van der Waals surface area (Å²) in [6, 6.07) is 4.70. The second kappa shape index (κ2) is 9.92. The smallest absolute Gasteiger partial charge is 0.417 e.